The third kappa shape index (κ3) is 5.54. The number of rotatable bonds is 2. The minimum Gasteiger partial charge on any atom is -0.478 e. The van der Waals surface area contributed by atoms with Crippen molar-refractivity contribution >= 4 is 43.8 Å². The van der Waals surface area contributed by atoms with Crippen molar-refractivity contribution in [3.63, 3.8) is 0 Å². The summed E-state index contributed by atoms with van der Waals surface area (Å²) in [5.74, 6) is -1.80. The second kappa shape index (κ2) is 7.81. The van der Waals surface area contributed by atoms with Crippen LogP contribution in [0.2, 0.25) is 0 Å². The average Bonchev–Trinajstić information content (AvgIpc) is 2.39. The highest BCUT2D eigenvalue weighted by molar-refractivity contribution is 9.10. The molecule has 20 heavy (non-hydrogen) atoms. The van der Waals surface area contributed by atoms with E-state index in [0.717, 1.165) is 8.95 Å². The van der Waals surface area contributed by atoms with E-state index < -0.39 is 11.9 Å². The Morgan fingerprint density at radius 2 is 1.10 bits per heavy atom. The van der Waals surface area contributed by atoms with Gasteiger partial charge in [0.25, 0.3) is 0 Å². The largest absolute Gasteiger partial charge is 0.478 e. The monoisotopic (exact) mass is 400 g/mol. The van der Waals surface area contributed by atoms with Gasteiger partial charge in [0.15, 0.2) is 0 Å². The van der Waals surface area contributed by atoms with Crippen molar-refractivity contribution in [3.8, 4) is 0 Å². The van der Waals surface area contributed by atoms with Crippen molar-refractivity contribution in [1.82, 2.24) is 0 Å². The molecule has 0 aliphatic heterocycles. The molecular weight excluding hydrogens is 392 g/mol. The Morgan fingerprint density at radius 1 is 0.750 bits per heavy atom. The summed E-state index contributed by atoms with van der Waals surface area (Å²) in [6.45, 7) is 0. The maximum absolute atomic E-state index is 10.3. The summed E-state index contributed by atoms with van der Waals surface area (Å²) in [7, 11) is 0. The highest BCUT2D eigenvalue weighted by atomic mass is 79.9. The van der Waals surface area contributed by atoms with E-state index in [1.165, 1.54) is 0 Å². The van der Waals surface area contributed by atoms with Crippen LogP contribution in [-0.4, -0.2) is 22.2 Å². The van der Waals surface area contributed by atoms with Gasteiger partial charge >= 0.3 is 11.9 Å². The van der Waals surface area contributed by atoms with Crippen LogP contribution in [0.4, 0.5) is 0 Å². The maximum Gasteiger partial charge on any atom is 0.335 e. The Balaban J connectivity index is 0.000000200. The molecular formula is C14H10Br2O4. The Morgan fingerprint density at radius 3 is 1.30 bits per heavy atom. The standard InChI is InChI=1S/2C7H5BrO2/c2*8-6-3-1-2-5(4-6)7(9)10/h2*1-4H,(H,9,10). The first-order valence-corrected chi connectivity index (χ1v) is 6.96. The summed E-state index contributed by atoms with van der Waals surface area (Å²) in [6, 6.07) is 13.2. The third-order valence-electron chi connectivity index (χ3n) is 2.14. The fourth-order valence-electron chi connectivity index (χ4n) is 1.24. The van der Waals surface area contributed by atoms with E-state index in [4.69, 9.17) is 10.2 Å². The topological polar surface area (TPSA) is 74.6 Å². The summed E-state index contributed by atoms with van der Waals surface area (Å²) < 4.78 is 1.57. The zero-order valence-corrected chi connectivity index (χ0v) is 13.3. The summed E-state index contributed by atoms with van der Waals surface area (Å²) in [5.41, 5.74) is 0.601. The predicted molar refractivity (Wildman–Crippen MR) is 82.2 cm³/mol. The van der Waals surface area contributed by atoms with Gasteiger partial charge in [-0.2, -0.15) is 0 Å². The van der Waals surface area contributed by atoms with Gasteiger partial charge in [-0.05, 0) is 36.4 Å². The van der Waals surface area contributed by atoms with Crippen LogP contribution in [0.1, 0.15) is 20.7 Å². The molecule has 2 N–H and O–H groups in total. The molecule has 0 heterocycles. The third-order valence-corrected chi connectivity index (χ3v) is 3.13. The van der Waals surface area contributed by atoms with Gasteiger partial charge in [-0.3, -0.25) is 0 Å². The fourth-order valence-corrected chi connectivity index (χ4v) is 2.04. The van der Waals surface area contributed by atoms with Gasteiger partial charge < -0.3 is 10.2 Å². The summed E-state index contributed by atoms with van der Waals surface area (Å²) >= 11 is 6.33. The smallest absolute Gasteiger partial charge is 0.335 e. The predicted octanol–water partition coefficient (Wildman–Crippen LogP) is 4.29. The molecule has 0 fully saturated rings. The van der Waals surface area contributed by atoms with Crippen LogP contribution in [-0.2, 0) is 0 Å². The number of hydrogen-bond acceptors (Lipinski definition) is 2. The van der Waals surface area contributed by atoms with Crippen LogP contribution >= 0.6 is 31.9 Å². The molecule has 0 saturated heterocycles. The lowest BCUT2D eigenvalue weighted by Gasteiger charge is -1.92. The van der Waals surface area contributed by atoms with Crippen molar-refractivity contribution in [3.05, 3.63) is 68.6 Å². The molecule has 0 aromatic heterocycles. The molecule has 0 bridgehead atoms. The van der Waals surface area contributed by atoms with Crippen LogP contribution in [0.5, 0.6) is 0 Å². The van der Waals surface area contributed by atoms with E-state index in [1.807, 2.05) is 0 Å². The molecule has 0 aliphatic carbocycles. The molecule has 2 aromatic carbocycles. The quantitative estimate of drug-likeness (QED) is 0.786. The Labute approximate surface area is 132 Å². The first-order valence-electron chi connectivity index (χ1n) is 5.38. The number of halogens is 2. The lowest BCUT2D eigenvalue weighted by Crippen LogP contribution is -1.94. The van der Waals surface area contributed by atoms with E-state index in [2.05, 4.69) is 31.9 Å². The number of carboxylic acids is 2. The number of hydrogen-bond donors (Lipinski definition) is 2. The Bertz CT molecular complexity index is 571. The number of carboxylic acid groups (broad SMARTS) is 2. The van der Waals surface area contributed by atoms with Gasteiger partial charge in [0.2, 0.25) is 0 Å². The first-order chi connectivity index (χ1) is 9.40. The molecule has 0 aliphatic rings. The highest BCUT2D eigenvalue weighted by Crippen LogP contribution is 2.11. The minimum atomic E-state index is -0.902. The molecule has 0 spiro atoms. The maximum atomic E-state index is 10.3. The summed E-state index contributed by atoms with van der Waals surface area (Å²) in [5, 5.41) is 17.0. The molecule has 0 amide bonds. The first kappa shape index (κ1) is 16.4. The number of benzene rings is 2. The zero-order chi connectivity index (χ0) is 15.1. The van der Waals surface area contributed by atoms with Gasteiger partial charge in [0, 0.05) is 8.95 Å². The molecule has 2 aromatic rings. The van der Waals surface area contributed by atoms with Crippen molar-refractivity contribution in [1.29, 1.82) is 0 Å². The van der Waals surface area contributed by atoms with Gasteiger partial charge in [-0.25, -0.2) is 9.59 Å². The van der Waals surface area contributed by atoms with E-state index in [9.17, 15) is 9.59 Å². The second-order valence-corrected chi connectivity index (χ2v) is 5.46. The Hall–Kier alpha value is -1.66. The zero-order valence-electron chi connectivity index (χ0n) is 10.1. The summed E-state index contributed by atoms with van der Waals surface area (Å²) in [6.07, 6.45) is 0. The number of carbonyl (C=O) groups is 2. The molecule has 104 valence electrons. The average molecular weight is 402 g/mol. The van der Waals surface area contributed by atoms with Crippen molar-refractivity contribution in [2.45, 2.75) is 0 Å². The van der Waals surface area contributed by atoms with E-state index in [-0.39, 0.29) is 0 Å². The van der Waals surface area contributed by atoms with Gasteiger partial charge in [-0.15, -0.1) is 0 Å². The molecule has 4 nitrogen and oxygen atoms in total. The molecule has 0 saturated carbocycles. The Kier molecular flexibility index (Phi) is 6.41. The molecule has 0 atom stereocenters. The lowest BCUT2D eigenvalue weighted by atomic mass is 10.2. The van der Waals surface area contributed by atoms with Gasteiger partial charge in [-0.1, -0.05) is 44.0 Å². The second-order valence-electron chi connectivity index (χ2n) is 3.63. The molecule has 0 unspecified atom stereocenters. The van der Waals surface area contributed by atoms with Crippen LogP contribution in [0.15, 0.2) is 57.5 Å². The SMILES string of the molecule is O=C(O)c1cccc(Br)c1.O=C(O)c1cccc(Br)c1. The van der Waals surface area contributed by atoms with E-state index in [1.54, 1.807) is 48.5 Å². The van der Waals surface area contributed by atoms with Crippen molar-refractivity contribution in [2.24, 2.45) is 0 Å². The van der Waals surface area contributed by atoms with Crippen molar-refractivity contribution in [2.75, 3.05) is 0 Å². The fraction of sp³-hybridized carbons (Fsp3) is 0. The molecule has 6 heteroatoms. The number of aromatic carboxylic acids is 2. The minimum absolute atomic E-state index is 0.300. The van der Waals surface area contributed by atoms with Gasteiger partial charge in [0.1, 0.15) is 0 Å². The van der Waals surface area contributed by atoms with Crippen LogP contribution in [0.3, 0.4) is 0 Å². The van der Waals surface area contributed by atoms with Crippen LogP contribution < -0.4 is 0 Å². The normalized spacial score (nSPS) is 9.30. The van der Waals surface area contributed by atoms with E-state index >= 15 is 0 Å². The van der Waals surface area contributed by atoms with Crippen molar-refractivity contribution < 1.29 is 19.8 Å². The molecule has 0 radical (unpaired) electrons. The van der Waals surface area contributed by atoms with Gasteiger partial charge in [0.05, 0.1) is 11.1 Å². The van der Waals surface area contributed by atoms with Crippen LogP contribution in [0.25, 0.3) is 0 Å². The molecule has 2 rings (SSSR count). The lowest BCUT2D eigenvalue weighted by molar-refractivity contribution is 0.0686. The van der Waals surface area contributed by atoms with E-state index in [0.29, 0.717) is 11.1 Å². The van der Waals surface area contributed by atoms with Crippen LogP contribution in [0, 0.1) is 0 Å². The highest BCUT2D eigenvalue weighted by Gasteiger charge is 2.00. The summed E-state index contributed by atoms with van der Waals surface area (Å²) in [4.78, 5) is 20.7.